The minimum absolute atomic E-state index is 0.161. The Kier molecular flexibility index (Phi) is 7.71. The standard InChI is InChI=1S/C28H27F3N2O4/c1-36-21-11-12-23(25(17-21)37-2)26(34)32-20-9-7-18(8-10-20)19-13-15-33(16-14-19)27(35)22-5-3-4-6-24(22)28(29,30)31/h3-12,17,19H,13-16H2,1-2H3,(H,32,34). The number of halogens is 3. The van der Waals surface area contributed by atoms with Crippen LogP contribution in [0.25, 0.3) is 0 Å². The van der Waals surface area contributed by atoms with Crippen LogP contribution < -0.4 is 14.8 Å². The summed E-state index contributed by atoms with van der Waals surface area (Å²) in [5.41, 5.74) is 0.802. The molecule has 0 atom stereocenters. The highest BCUT2D eigenvalue weighted by Gasteiger charge is 2.36. The van der Waals surface area contributed by atoms with E-state index in [1.54, 1.807) is 30.3 Å². The van der Waals surface area contributed by atoms with Gasteiger partial charge in [0.25, 0.3) is 11.8 Å². The van der Waals surface area contributed by atoms with Gasteiger partial charge in [0.2, 0.25) is 0 Å². The lowest BCUT2D eigenvalue weighted by atomic mass is 9.89. The third kappa shape index (κ3) is 5.87. The minimum Gasteiger partial charge on any atom is -0.497 e. The number of hydrogen-bond acceptors (Lipinski definition) is 4. The maximum Gasteiger partial charge on any atom is 0.417 e. The Morgan fingerprint density at radius 2 is 1.57 bits per heavy atom. The summed E-state index contributed by atoms with van der Waals surface area (Å²) in [6.45, 7) is 0.733. The van der Waals surface area contributed by atoms with E-state index >= 15 is 0 Å². The summed E-state index contributed by atoms with van der Waals surface area (Å²) < 4.78 is 50.4. The summed E-state index contributed by atoms with van der Waals surface area (Å²) in [5, 5.41) is 2.85. The van der Waals surface area contributed by atoms with Gasteiger partial charge in [-0.2, -0.15) is 13.2 Å². The Balaban J connectivity index is 1.37. The van der Waals surface area contributed by atoms with Gasteiger partial charge in [-0.15, -0.1) is 0 Å². The van der Waals surface area contributed by atoms with Gasteiger partial charge in [0.15, 0.2) is 0 Å². The summed E-state index contributed by atoms with van der Waals surface area (Å²) in [6, 6.07) is 17.3. The Labute approximate surface area is 213 Å². The Morgan fingerprint density at radius 3 is 2.19 bits per heavy atom. The molecule has 1 heterocycles. The molecule has 1 aliphatic heterocycles. The number of carbonyl (C=O) groups excluding carboxylic acids is 2. The van der Waals surface area contributed by atoms with E-state index in [0.717, 1.165) is 11.6 Å². The van der Waals surface area contributed by atoms with Gasteiger partial charge in [0.1, 0.15) is 11.5 Å². The highest BCUT2D eigenvalue weighted by Crippen LogP contribution is 2.34. The van der Waals surface area contributed by atoms with Crippen LogP contribution in [-0.2, 0) is 6.18 Å². The number of piperidine rings is 1. The van der Waals surface area contributed by atoms with Crippen molar-refractivity contribution in [2.45, 2.75) is 24.9 Å². The van der Waals surface area contributed by atoms with Gasteiger partial charge in [-0.05, 0) is 60.7 Å². The van der Waals surface area contributed by atoms with E-state index in [1.165, 1.54) is 37.3 Å². The third-order valence-electron chi connectivity index (χ3n) is 6.54. The first-order chi connectivity index (χ1) is 17.7. The molecule has 0 unspecified atom stereocenters. The molecule has 0 aromatic heterocycles. The number of anilines is 1. The largest absolute Gasteiger partial charge is 0.497 e. The Morgan fingerprint density at radius 1 is 0.892 bits per heavy atom. The lowest BCUT2D eigenvalue weighted by molar-refractivity contribution is -0.138. The Bertz CT molecular complexity index is 1270. The van der Waals surface area contributed by atoms with Crippen molar-refractivity contribution >= 4 is 17.5 Å². The van der Waals surface area contributed by atoms with Crippen LogP contribution >= 0.6 is 0 Å². The van der Waals surface area contributed by atoms with Crippen LogP contribution in [0.4, 0.5) is 18.9 Å². The van der Waals surface area contributed by atoms with Gasteiger partial charge in [0, 0.05) is 24.8 Å². The number of rotatable bonds is 6. The van der Waals surface area contributed by atoms with Crippen molar-refractivity contribution in [1.29, 1.82) is 0 Å². The molecule has 0 aliphatic carbocycles. The van der Waals surface area contributed by atoms with E-state index in [9.17, 15) is 22.8 Å². The molecule has 3 aromatic rings. The molecule has 0 spiro atoms. The number of benzene rings is 3. The minimum atomic E-state index is -4.58. The molecule has 0 radical (unpaired) electrons. The second-order valence-electron chi connectivity index (χ2n) is 8.75. The fraction of sp³-hybridized carbons (Fsp3) is 0.286. The van der Waals surface area contributed by atoms with Crippen LogP contribution in [0.2, 0.25) is 0 Å². The third-order valence-corrected chi connectivity index (χ3v) is 6.54. The fourth-order valence-electron chi connectivity index (χ4n) is 4.53. The highest BCUT2D eigenvalue weighted by molar-refractivity contribution is 6.06. The summed E-state index contributed by atoms with van der Waals surface area (Å²) >= 11 is 0. The summed E-state index contributed by atoms with van der Waals surface area (Å²) in [6.07, 6.45) is -3.32. The number of amides is 2. The van der Waals surface area contributed by atoms with Crippen LogP contribution in [0.3, 0.4) is 0 Å². The van der Waals surface area contributed by atoms with E-state index in [0.29, 0.717) is 48.7 Å². The number of carbonyl (C=O) groups is 2. The number of methoxy groups -OCH3 is 2. The zero-order valence-electron chi connectivity index (χ0n) is 20.5. The molecule has 1 aliphatic rings. The number of nitrogens with zero attached hydrogens (tertiary/aromatic N) is 1. The normalized spacial score (nSPS) is 14.2. The predicted octanol–water partition coefficient (Wildman–Crippen LogP) is 5.99. The Hall–Kier alpha value is -4.01. The topological polar surface area (TPSA) is 67.9 Å². The van der Waals surface area contributed by atoms with Crippen LogP contribution in [0.5, 0.6) is 11.5 Å². The molecule has 37 heavy (non-hydrogen) atoms. The van der Waals surface area contributed by atoms with Crippen LogP contribution in [0.15, 0.2) is 66.7 Å². The summed E-state index contributed by atoms with van der Waals surface area (Å²) in [4.78, 5) is 27.1. The number of ether oxygens (including phenoxy) is 2. The van der Waals surface area contributed by atoms with Gasteiger partial charge in [0.05, 0.1) is 30.9 Å². The maximum atomic E-state index is 13.3. The van der Waals surface area contributed by atoms with Crippen molar-refractivity contribution in [2.75, 3.05) is 32.6 Å². The van der Waals surface area contributed by atoms with E-state index in [2.05, 4.69) is 5.32 Å². The summed E-state index contributed by atoms with van der Waals surface area (Å²) in [7, 11) is 3.01. The zero-order valence-corrected chi connectivity index (χ0v) is 20.5. The fourth-order valence-corrected chi connectivity index (χ4v) is 4.53. The molecule has 0 bridgehead atoms. The lowest BCUT2D eigenvalue weighted by Gasteiger charge is -2.33. The summed E-state index contributed by atoms with van der Waals surface area (Å²) in [5.74, 6) is 0.215. The molecule has 2 amide bonds. The van der Waals surface area contributed by atoms with E-state index in [1.807, 2.05) is 12.1 Å². The molecule has 0 saturated carbocycles. The molecule has 1 N–H and O–H groups in total. The van der Waals surface area contributed by atoms with E-state index < -0.39 is 17.6 Å². The van der Waals surface area contributed by atoms with Gasteiger partial charge in [-0.1, -0.05) is 24.3 Å². The van der Waals surface area contributed by atoms with Crippen LogP contribution in [-0.4, -0.2) is 44.0 Å². The quantitative estimate of drug-likeness (QED) is 0.440. The number of nitrogens with one attached hydrogen (secondary N) is 1. The smallest absolute Gasteiger partial charge is 0.417 e. The number of hydrogen-bond donors (Lipinski definition) is 1. The van der Waals surface area contributed by atoms with Gasteiger partial charge in [-0.3, -0.25) is 9.59 Å². The molecule has 194 valence electrons. The van der Waals surface area contributed by atoms with Gasteiger partial charge < -0.3 is 19.7 Å². The number of alkyl halides is 3. The molecule has 1 fully saturated rings. The average Bonchev–Trinajstić information content (AvgIpc) is 2.92. The SMILES string of the molecule is COc1ccc(C(=O)Nc2ccc(C3CCN(C(=O)c4ccccc4C(F)(F)F)CC3)cc2)c(OC)c1. The van der Waals surface area contributed by atoms with Gasteiger partial charge >= 0.3 is 6.18 Å². The monoisotopic (exact) mass is 512 g/mol. The predicted molar refractivity (Wildman–Crippen MR) is 133 cm³/mol. The van der Waals surface area contributed by atoms with E-state index in [4.69, 9.17) is 9.47 Å². The van der Waals surface area contributed by atoms with Crippen LogP contribution in [0.1, 0.15) is 50.6 Å². The molecule has 1 saturated heterocycles. The molecule has 3 aromatic carbocycles. The number of likely N-dealkylation sites (tertiary alicyclic amines) is 1. The second-order valence-corrected chi connectivity index (χ2v) is 8.75. The van der Waals surface area contributed by atoms with Crippen molar-refractivity contribution in [2.24, 2.45) is 0 Å². The zero-order chi connectivity index (χ0) is 26.6. The van der Waals surface area contributed by atoms with Gasteiger partial charge in [-0.25, -0.2) is 0 Å². The van der Waals surface area contributed by atoms with Crippen molar-refractivity contribution in [1.82, 2.24) is 4.90 Å². The van der Waals surface area contributed by atoms with Crippen molar-refractivity contribution in [3.05, 3.63) is 89.0 Å². The first-order valence-corrected chi connectivity index (χ1v) is 11.8. The maximum absolute atomic E-state index is 13.3. The molecular formula is C28H27F3N2O4. The molecular weight excluding hydrogens is 485 g/mol. The lowest BCUT2D eigenvalue weighted by Crippen LogP contribution is -2.38. The molecule has 9 heteroatoms. The first kappa shape index (κ1) is 26.1. The van der Waals surface area contributed by atoms with Crippen molar-refractivity contribution in [3.63, 3.8) is 0 Å². The van der Waals surface area contributed by atoms with Crippen LogP contribution in [0, 0.1) is 0 Å². The highest BCUT2D eigenvalue weighted by atomic mass is 19.4. The second kappa shape index (κ2) is 10.9. The molecule has 6 nitrogen and oxygen atoms in total. The van der Waals surface area contributed by atoms with Crippen molar-refractivity contribution < 1.29 is 32.2 Å². The molecule has 4 rings (SSSR count). The van der Waals surface area contributed by atoms with Crippen molar-refractivity contribution in [3.8, 4) is 11.5 Å². The van der Waals surface area contributed by atoms with E-state index in [-0.39, 0.29) is 17.4 Å². The first-order valence-electron chi connectivity index (χ1n) is 11.8. The average molecular weight is 513 g/mol.